The average Bonchev–Trinajstić information content (AvgIpc) is 3.58. The molecule has 188 valence electrons. The molecular formula is C30H28N8. The highest BCUT2D eigenvalue weighted by Crippen LogP contribution is 2.34. The van der Waals surface area contributed by atoms with Crippen molar-refractivity contribution in [2.45, 2.75) is 40.7 Å². The fraction of sp³-hybridized carbons (Fsp3) is 0.200. The van der Waals surface area contributed by atoms with E-state index >= 15 is 0 Å². The number of rotatable bonds is 6. The molecule has 2 aromatic carbocycles. The summed E-state index contributed by atoms with van der Waals surface area (Å²) in [5, 5.41) is 14.8. The fourth-order valence-corrected chi connectivity index (χ4v) is 4.98. The van der Waals surface area contributed by atoms with E-state index in [9.17, 15) is 0 Å². The van der Waals surface area contributed by atoms with Gasteiger partial charge in [0, 0.05) is 29.4 Å². The predicted molar refractivity (Wildman–Crippen MR) is 148 cm³/mol. The first-order valence-corrected chi connectivity index (χ1v) is 12.7. The minimum atomic E-state index is 0.550. The summed E-state index contributed by atoms with van der Waals surface area (Å²) < 4.78 is 2.18. The maximum atomic E-state index is 4.87. The standard InChI is InChI=1S/C30H28N8/c1-5-27-33-28-19(3)14-20(4)32-30(28)38(27)17-24-11-9-23(16-31-24)26-15-22(21-8-6-7-18(2)13-21)10-12-25(26)29-34-36-37-35-29/h6-16H,5,17H2,1-4H3,(H,34,35,36,37). The van der Waals surface area contributed by atoms with Crippen molar-refractivity contribution in [1.82, 2.24) is 40.1 Å². The Bertz CT molecular complexity index is 1750. The minimum absolute atomic E-state index is 0.550. The third kappa shape index (κ3) is 4.34. The van der Waals surface area contributed by atoms with E-state index in [0.717, 1.165) is 68.2 Å². The lowest BCUT2D eigenvalue weighted by molar-refractivity contribution is 0.729. The van der Waals surface area contributed by atoms with Crippen LogP contribution < -0.4 is 0 Å². The molecule has 0 saturated heterocycles. The number of aryl methyl sites for hydroxylation is 4. The van der Waals surface area contributed by atoms with Crippen LogP contribution in [-0.4, -0.2) is 40.1 Å². The van der Waals surface area contributed by atoms with Gasteiger partial charge in [-0.25, -0.2) is 9.97 Å². The monoisotopic (exact) mass is 500 g/mol. The number of aromatic amines is 1. The van der Waals surface area contributed by atoms with Crippen LogP contribution in [0, 0.1) is 20.8 Å². The third-order valence-corrected chi connectivity index (χ3v) is 6.83. The lowest BCUT2D eigenvalue weighted by Crippen LogP contribution is -2.07. The molecule has 4 aromatic heterocycles. The number of pyridine rings is 2. The van der Waals surface area contributed by atoms with E-state index in [0.29, 0.717) is 12.4 Å². The van der Waals surface area contributed by atoms with Gasteiger partial charge in [-0.3, -0.25) is 4.98 Å². The Morgan fingerprint density at radius 2 is 1.68 bits per heavy atom. The number of tetrazole rings is 1. The Balaban J connectivity index is 1.40. The summed E-state index contributed by atoms with van der Waals surface area (Å²) >= 11 is 0. The first-order chi connectivity index (χ1) is 18.5. The molecule has 0 bridgehead atoms. The van der Waals surface area contributed by atoms with E-state index in [1.807, 2.05) is 19.2 Å². The molecule has 6 rings (SSSR count). The second-order valence-electron chi connectivity index (χ2n) is 9.62. The smallest absolute Gasteiger partial charge is 0.205 e. The topological polar surface area (TPSA) is 98.1 Å². The Labute approximate surface area is 220 Å². The van der Waals surface area contributed by atoms with Crippen molar-refractivity contribution in [3.8, 4) is 33.6 Å². The molecule has 0 aliphatic carbocycles. The maximum absolute atomic E-state index is 4.87. The third-order valence-electron chi connectivity index (χ3n) is 6.83. The van der Waals surface area contributed by atoms with Gasteiger partial charge in [0.1, 0.15) is 11.3 Å². The maximum Gasteiger partial charge on any atom is 0.205 e. The number of fused-ring (bicyclic) bond motifs is 1. The molecule has 0 saturated carbocycles. The summed E-state index contributed by atoms with van der Waals surface area (Å²) in [7, 11) is 0. The van der Waals surface area contributed by atoms with Crippen molar-refractivity contribution in [1.29, 1.82) is 0 Å². The Morgan fingerprint density at radius 3 is 2.42 bits per heavy atom. The summed E-state index contributed by atoms with van der Waals surface area (Å²) in [6.45, 7) is 8.95. The molecule has 1 N–H and O–H groups in total. The largest absolute Gasteiger partial charge is 0.307 e. The van der Waals surface area contributed by atoms with Gasteiger partial charge in [-0.05, 0) is 72.5 Å². The number of H-pyrrole nitrogens is 1. The zero-order chi connectivity index (χ0) is 26.2. The zero-order valence-corrected chi connectivity index (χ0v) is 21.9. The highest BCUT2D eigenvalue weighted by atomic mass is 15.5. The number of imidazole rings is 1. The molecule has 4 heterocycles. The highest BCUT2D eigenvalue weighted by Gasteiger charge is 2.16. The average molecular weight is 501 g/mol. The van der Waals surface area contributed by atoms with Crippen LogP contribution in [0.25, 0.3) is 44.8 Å². The number of benzene rings is 2. The van der Waals surface area contributed by atoms with Crippen molar-refractivity contribution < 1.29 is 0 Å². The normalized spacial score (nSPS) is 11.4. The van der Waals surface area contributed by atoms with Crippen LogP contribution >= 0.6 is 0 Å². The number of nitrogens with zero attached hydrogens (tertiary/aromatic N) is 7. The lowest BCUT2D eigenvalue weighted by atomic mass is 9.94. The number of aromatic nitrogens is 8. The van der Waals surface area contributed by atoms with Crippen molar-refractivity contribution in [2.24, 2.45) is 0 Å². The Morgan fingerprint density at radius 1 is 0.842 bits per heavy atom. The lowest BCUT2D eigenvalue weighted by Gasteiger charge is -2.12. The molecule has 0 aliphatic rings. The van der Waals surface area contributed by atoms with Crippen molar-refractivity contribution in [3.05, 3.63) is 95.2 Å². The molecule has 0 amide bonds. The van der Waals surface area contributed by atoms with Gasteiger partial charge in [0.05, 0.1) is 12.2 Å². The minimum Gasteiger partial charge on any atom is -0.307 e. The van der Waals surface area contributed by atoms with Gasteiger partial charge in [-0.15, -0.1) is 10.2 Å². The summed E-state index contributed by atoms with van der Waals surface area (Å²) in [6.07, 6.45) is 2.75. The van der Waals surface area contributed by atoms with E-state index in [1.54, 1.807) is 0 Å². The molecular weight excluding hydrogens is 472 g/mol. The van der Waals surface area contributed by atoms with Gasteiger partial charge in [0.15, 0.2) is 5.65 Å². The van der Waals surface area contributed by atoms with Gasteiger partial charge < -0.3 is 4.57 Å². The first-order valence-electron chi connectivity index (χ1n) is 12.7. The molecule has 0 spiro atoms. The number of hydrogen-bond acceptors (Lipinski definition) is 6. The molecule has 38 heavy (non-hydrogen) atoms. The SMILES string of the molecule is CCc1nc2c(C)cc(C)nc2n1Cc1ccc(-c2cc(-c3cccc(C)c3)ccc2-c2nn[nH]n2)cn1. The van der Waals surface area contributed by atoms with Gasteiger partial charge in [-0.1, -0.05) is 48.9 Å². The fourth-order valence-electron chi connectivity index (χ4n) is 4.98. The predicted octanol–water partition coefficient (Wildman–Crippen LogP) is 5.88. The van der Waals surface area contributed by atoms with E-state index in [4.69, 9.17) is 15.0 Å². The molecule has 8 nitrogen and oxygen atoms in total. The zero-order valence-electron chi connectivity index (χ0n) is 21.9. The molecule has 0 unspecified atom stereocenters. The van der Waals surface area contributed by atoms with Crippen LogP contribution in [0.3, 0.4) is 0 Å². The molecule has 0 atom stereocenters. The van der Waals surface area contributed by atoms with E-state index in [2.05, 4.69) is 101 Å². The van der Waals surface area contributed by atoms with Gasteiger partial charge in [0.2, 0.25) is 5.82 Å². The van der Waals surface area contributed by atoms with E-state index in [1.165, 1.54) is 5.56 Å². The van der Waals surface area contributed by atoms with Crippen molar-refractivity contribution in [3.63, 3.8) is 0 Å². The van der Waals surface area contributed by atoms with Crippen LogP contribution in [-0.2, 0) is 13.0 Å². The second-order valence-corrected chi connectivity index (χ2v) is 9.62. The second kappa shape index (κ2) is 9.63. The summed E-state index contributed by atoms with van der Waals surface area (Å²) in [5.41, 5.74) is 11.3. The Kier molecular flexibility index (Phi) is 5.99. The van der Waals surface area contributed by atoms with Crippen LogP contribution in [0.2, 0.25) is 0 Å². The summed E-state index contributed by atoms with van der Waals surface area (Å²) in [6, 6.07) is 21.1. The summed E-state index contributed by atoms with van der Waals surface area (Å²) in [5.74, 6) is 1.56. The van der Waals surface area contributed by atoms with Crippen molar-refractivity contribution >= 4 is 11.2 Å². The molecule has 0 radical (unpaired) electrons. The molecule has 8 heteroatoms. The van der Waals surface area contributed by atoms with Gasteiger partial charge in [-0.2, -0.15) is 5.21 Å². The highest BCUT2D eigenvalue weighted by molar-refractivity contribution is 5.84. The van der Waals surface area contributed by atoms with Crippen molar-refractivity contribution in [2.75, 3.05) is 0 Å². The number of hydrogen-bond donors (Lipinski definition) is 1. The number of nitrogens with one attached hydrogen (secondary N) is 1. The van der Waals surface area contributed by atoms with Crippen LogP contribution in [0.4, 0.5) is 0 Å². The van der Waals surface area contributed by atoms with Crippen LogP contribution in [0.15, 0.2) is 66.9 Å². The first kappa shape index (κ1) is 23.7. The van der Waals surface area contributed by atoms with E-state index < -0.39 is 0 Å². The Hall–Kier alpha value is -4.72. The van der Waals surface area contributed by atoms with Gasteiger partial charge >= 0.3 is 0 Å². The molecule has 0 fully saturated rings. The molecule has 0 aliphatic heterocycles. The van der Waals surface area contributed by atoms with Crippen LogP contribution in [0.1, 0.15) is 35.3 Å². The molecule has 6 aromatic rings. The quantitative estimate of drug-likeness (QED) is 0.307. The van der Waals surface area contributed by atoms with Crippen LogP contribution in [0.5, 0.6) is 0 Å². The summed E-state index contributed by atoms with van der Waals surface area (Å²) in [4.78, 5) is 14.5. The van der Waals surface area contributed by atoms with E-state index in [-0.39, 0.29) is 0 Å². The van der Waals surface area contributed by atoms with Gasteiger partial charge in [0.25, 0.3) is 0 Å².